The van der Waals surface area contributed by atoms with Crippen molar-refractivity contribution in [3.05, 3.63) is 46.7 Å². The molecule has 1 amide bonds. The molecule has 5 nitrogen and oxygen atoms in total. The first-order valence-corrected chi connectivity index (χ1v) is 8.79. The largest absolute Gasteiger partial charge is 0.350 e. The molecule has 1 fully saturated rings. The molecule has 1 aromatic heterocycles. The van der Waals surface area contributed by atoms with Gasteiger partial charge in [-0.2, -0.15) is 5.10 Å². The third-order valence-corrected chi connectivity index (χ3v) is 4.59. The number of amides is 1. The van der Waals surface area contributed by atoms with Crippen LogP contribution < -0.4 is 10.6 Å². The molecule has 1 aliphatic heterocycles. The molecule has 2 N–H and O–H groups in total. The number of hydrogen-bond acceptors (Lipinski definition) is 3. The Morgan fingerprint density at radius 1 is 1.40 bits per heavy atom. The van der Waals surface area contributed by atoms with Gasteiger partial charge in [0.1, 0.15) is 0 Å². The number of halogens is 2. The highest BCUT2D eigenvalue weighted by molar-refractivity contribution is 6.30. The van der Waals surface area contributed by atoms with Crippen LogP contribution in [0.15, 0.2) is 30.5 Å². The molecule has 1 aliphatic rings. The van der Waals surface area contributed by atoms with Crippen molar-refractivity contribution in [1.29, 1.82) is 0 Å². The summed E-state index contributed by atoms with van der Waals surface area (Å²) in [6, 6.07) is 7.85. The maximum absolute atomic E-state index is 12.6. The first-order chi connectivity index (χ1) is 11.6. The molecule has 0 radical (unpaired) electrons. The number of nitrogens with one attached hydrogen (secondary N) is 2. The van der Waals surface area contributed by atoms with Gasteiger partial charge in [-0.3, -0.25) is 4.79 Å². The van der Waals surface area contributed by atoms with Gasteiger partial charge in [-0.25, -0.2) is 4.68 Å². The third kappa shape index (κ3) is 4.54. The fraction of sp³-hybridized carbons (Fsp3) is 0.444. The van der Waals surface area contributed by atoms with Crippen molar-refractivity contribution in [2.45, 2.75) is 38.6 Å². The zero-order valence-electron chi connectivity index (χ0n) is 14.5. The zero-order chi connectivity index (χ0) is 17.1. The van der Waals surface area contributed by atoms with Crippen molar-refractivity contribution in [3.63, 3.8) is 0 Å². The van der Waals surface area contributed by atoms with Gasteiger partial charge in [-0.05, 0) is 49.6 Å². The van der Waals surface area contributed by atoms with Crippen LogP contribution >= 0.6 is 24.0 Å². The number of rotatable bonds is 5. The van der Waals surface area contributed by atoms with Crippen molar-refractivity contribution in [1.82, 2.24) is 20.4 Å². The molecule has 2 heterocycles. The Labute approximate surface area is 159 Å². The second-order valence-corrected chi connectivity index (χ2v) is 6.93. The standard InChI is InChI=1S/C18H23ClN4O.ClH/c1-12(2)17-16(18(24)21-10-14-4-3-9-20-14)11-22-23(17)15-7-5-13(19)6-8-15;/h5-8,11-12,14,20H,3-4,9-10H2,1-2H3,(H,21,24);1H. The first-order valence-electron chi connectivity index (χ1n) is 8.41. The molecule has 1 saturated heterocycles. The fourth-order valence-corrected chi connectivity index (χ4v) is 3.24. The van der Waals surface area contributed by atoms with Crippen LogP contribution in [0.1, 0.15) is 48.7 Å². The fourth-order valence-electron chi connectivity index (χ4n) is 3.12. The molecule has 0 bridgehead atoms. The lowest BCUT2D eigenvalue weighted by molar-refractivity contribution is 0.0949. The van der Waals surface area contributed by atoms with Crippen LogP contribution in [-0.2, 0) is 0 Å². The number of carbonyl (C=O) groups excluding carboxylic acids is 1. The lowest BCUT2D eigenvalue weighted by Gasteiger charge is -2.14. The summed E-state index contributed by atoms with van der Waals surface area (Å²) in [5.41, 5.74) is 2.45. The highest BCUT2D eigenvalue weighted by Crippen LogP contribution is 2.24. The molecule has 7 heteroatoms. The molecular weight excluding hydrogens is 359 g/mol. The van der Waals surface area contributed by atoms with Crippen LogP contribution in [0.2, 0.25) is 5.02 Å². The van der Waals surface area contributed by atoms with E-state index in [1.54, 1.807) is 6.20 Å². The SMILES string of the molecule is CC(C)c1c(C(=O)NCC2CCCN2)cnn1-c1ccc(Cl)cc1.Cl. The monoisotopic (exact) mass is 382 g/mol. The molecule has 136 valence electrons. The number of carbonyl (C=O) groups is 1. The second kappa shape index (κ2) is 8.70. The Balaban J connectivity index is 0.00000225. The maximum atomic E-state index is 12.6. The highest BCUT2D eigenvalue weighted by atomic mass is 35.5. The molecule has 25 heavy (non-hydrogen) atoms. The van der Waals surface area contributed by atoms with Crippen LogP contribution in [0.5, 0.6) is 0 Å². The average molecular weight is 383 g/mol. The molecule has 1 aromatic carbocycles. The smallest absolute Gasteiger partial charge is 0.254 e. The maximum Gasteiger partial charge on any atom is 0.254 e. The van der Waals surface area contributed by atoms with E-state index in [0.717, 1.165) is 24.3 Å². The molecule has 1 atom stereocenters. The van der Waals surface area contributed by atoms with E-state index in [2.05, 4.69) is 29.6 Å². The summed E-state index contributed by atoms with van der Waals surface area (Å²) < 4.78 is 1.82. The number of nitrogens with zero attached hydrogens (tertiary/aromatic N) is 2. The minimum absolute atomic E-state index is 0. The third-order valence-electron chi connectivity index (χ3n) is 4.34. The van der Waals surface area contributed by atoms with Crippen LogP contribution in [0.3, 0.4) is 0 Å². The van der Waals surface area contributed by atoms with E-state index in [0.29, 0.717) is 23.2 Å². The van der Waals surface area contributed by atoms with Crippen molar-refractivity contribution in [3.8, 4) is 5.69 Å². The van der Waals surface area contributed by atoms with E-state index in [4.69, 9.17) is 11.6 Å². The molecule has 0 aliphatic carbocycles. The van der Waals surface area contributed by atoms with E-state index in [1.165, 1.54) is 6.42 Å². The Morgan fingerprint density at radius 2 is 2.12 bits per heavy atom. The van der Waals surface area contributed by atoms with Crippen LogP contribution in [-0.4, -0.2) is 34.8 Å². The minimum Gasteiger partial charge on any atom is -0.350 e. The summed E-state index contributed by atoms with van der Waals surface area (Å²) in [4.78, 5) is 12.6. The van der Waals surface area contributed by atoms with Gasteiger partial charge in [0, 0.05) is 17.6 Å². The van der Waals surface area contributed by atoms with Crippen LogP contribution in [0.25, 0.3) is 5.69 Å². The van der Waals surface area contributed by atoms with E-state index in [-0.39, 0.29) is 24.2 Å². The summed E-state index contributed by atoms with van der Waals surface area (Å²) in [6.45, 7) is 5.83. The Bertz CT molecular complexity index is 706. The summed E-state index contributed by atoms with van der Waals surface area (Å²) in [7, 11) is 0. The summed E-state index contributed by atoms with van der Waals surface area (Å²) >= 11 is 5.96. The quantitative estimate of drug-likeness (QED) is 0.830. The van der Waals surface area contributed by atoms with Crippen molar-refractivity contribution < 1.29 is 4.79 Å². The summed E-state index contributed by atoms with van der Waals surface area (Å²) in [6.07, 6.45) is 3.94. The number of aromatic nitrogens is 2. The van der Waals surface area contributed by atoms with E-state index >= 15 is 0 Å². The summed E-state index contributed by atoms with van der Waals surface area (Å²) in [5, 5.41) is 11.5. The molecular formula is C18H24Cl2N4O. The predicted octanol–water partition coefficient (Wildman–Crippen LogP) is 3.55. The topological polar surface area (TPSA) is 59.0 Å². The Morgan fingerprint density at radius 3 is 2.72 bits per heavy atom. The van der Waals surface area contributed by atoms with Crippen LogP contribution in [0, 0.1) is 0 Å². The Kier molecular flexibility index (Phi) is 6.87. The van der Waals surface area contributed by atoms with Crippen molar-refractivity contribution >= 4 is 29.9 Å². The van der Waals surface area contributed by atoms with Crippen LogP contribution in [0.4, 0.5) is 0 Å². The molecule has 1 unspecified atom stereocenters. The van der Waals surface area contributed by atoms with Crippen molar-refractivity contribution in [2.75, 3.05) is 13.1 Å². The van der Waals surface area contributed by atoms with Gasteiger partial charge in [-0.15, -0.1) is 12.4 Å². The van der Waals surface area contributed by atoms with Gasteiger partial charge in [0.15, 0.2) is 0 Å². The first kappa shape index (κ1) is 19.8. The number of hydrogen-bond donors (Lipinski definition) is 2. The van der Waals surface area contributed by atoms with Gasteiger partial charge in [0.25, 0.3) is 5.91 Å². The Hall–Kier alpha value is -1.56. The van der Waals surface area contributed by atoms with Gasteiger partial charge in [-0.1, -0.05) is 25.4 Å². The van der Waals surface area contributed by atoms with Gasteiger partial charge >= 0.3 is 0 Å². The zero-order valence-corrected chi connectivity index (χ0v) is 16.0. The molecule has 0 saturated carbocycles. The predicted molar refractivity (Wildman–Crippen MR) is 103 cm³/mol. The number of benzene rings is 1. The molecule has 3 rings (SSSR count). The van der Waals surface area contributed by atoms with Gasteiger partial charge in [0.05, 0.1) is 23.1 Å². The normalized spacial score (nSPS) is 16.7. The van der Waals surface area contributed by atoms with E-state index in [1.807, 2.05) is 28.9 Å². The van der Waals surface area contributed by atoms with Crippen molar-refractivity contribution in [2.24, 2.45) is 0 Å². The second-order valence-electron chi connectivity index (χ2n) is 6.49. The average Bonchev–Trinajstić information content (AvgIpc) is 3.22. The summed E-state index contributed by atoms with van der Waals surface area (Å²) in [5.74, 6) is 0.112. The van der Waals surface area contributed by atoms with Gasteiger partial charge in [0.2, 0.25) is 0 Å². The minimum atomic E-state index is -0.0624. The lowest BCUT2D eigenvalue weighted by Crippen LogP contribution is -2.37. The van der Waals surface area contributed by atoms with E-state index < -0.39 is 0 Å². The highest BCUT2D eigenvalue weighted by Gasteiger charge is 2.22. The van der Waals surface area contributed by atoms with Gasteiger partial charge < -0.3 is 10.6 Å². The van der Waals surface area contributed by atoms with E-state index in [9.17, 15) is 4.79 Å². The molecule has 0 spiro atoms. The molecule has 2 aromatic rings. The lowest BCUT2D eigenvalue weighted by atomic mass is 10.0.